The SMILES string of the molecule is CNC(=O)[C@]1(Cc2cc(-c3ccccc3)no2)CCN(C2CCCC2)C1. The molecular weight excluding hydrogens is 326 g/mol. The minimum absolute atomic E-state index is 0.121. The lowest BCUT2D eigenvalue weighted by Gasteiger charge is -2.29. The van der Waals surface area contributed by atoms with E-state index >= 15 is 0 Å². The summed E-state index contributed by atoms with van der Waals surface area (Å²) >= 11 is 0. The van der Waals surface area contributed by atoms with Gasteiger partial charge in [0.2, 0.25) is 5.91 Å². The van der Waals surface area contributed by atoms with E-state index in [2.05, 4.69) is 15.4 Å². The molecule has 1 amide bonds. The Morgan fingerprint density at radius 3 is 2.81 bits per heavy atom. The summed E-state index contributed by atoms with van der Waals surface area (Å²) < 4.78 is 5.61. The van der Waals surface area contributed by atoms with Crippen LogP contribution in [0.5, 0.6) is 0 Å². The fourth-order valence-corrected chi connectivity index (χ4v) is 4.64. The number of hydrogen-bond acceptors (Lipinski definition) is 4. The van der Waals surface area contributed by atoms with Crippen LogP contribution in [0.15, 0.2) is 40.9 Å². The third kappa shape index (κ3) is 3.28. The average Bonchev–Trinajstić information content (AvgIpc) is 3.43. The van der Waals surface area contributed by atoms with E-state index in [9.17, 15) is 4.79 Å². The van der Waals surface area contributed by atoms with Gasteiger partial charge in [-0.15, -0.1) is 0 Å². The summed E-state index contributed by atoms with van der Waals surface area (Å²) in [5.74, 6) is 0.913. The third-order valence-electron chi connectivity index (χ3n) is 6.07. The van der Waals surface area contributed by atoms with Crippen molar-refractivity contribution >= 4 is 5.91 Å². The van der Waals surface area contributed by atoms with E-state index in [0.717, 1.165) is 36.5 Å². The highest BCUT2D eigenvalue weighted by atomic mass is 16.5. The molecule has 5 nitrogen and oxygen atoms in total. The maximum atomic E-state index is 12.8. The number of carbonyl (C=O) groups excluding carboxylic acids is 1. The Hall–Kier alpha value is -2.14. The zero-order valence-electron chi connectivity index (χ0n) is 15.4. The highest BCUT2D eigenvalue weighted by Crippen LogP contribution is 2.38. The van der Waals surface area contributed by atoms with Gasteiger partial charge in [0.1, 0.15) is 11.5 Å². The van der Waals surface area contributed by atoms with Crippen molar-refractivity contribution < 1.29 is 9.32 Å². The fourth-order valence-electron chi connectivity index (χ4n) is 4.64. The van der Waals surface area contributed by atoms with Crippen LogP contribution in [0.1, 0.15) is 37.9 Å². The molecule has 4 rings (SSSR count). The van der Waals surface area contributed by atoms with Crippen LogP contribution in [0.2, 0.25) is 0 Å². The molecule has 1 aromatic carbocycles. The van der Waals surface area contributed by atoms with E-state index in [4.69, 9.17) is 4.52 Å². The van der Waals surface area contributed by atoms with Crippen molar-refractivity contribution in [2.24, 2.45) is 5.41 Å². The van der Waals surface area contributed by atoms with Crippen LogP contribution in [0.4, 0.5) is 0 Å². The van der Waals surface area contributed by atoms with Gasteiger partial charge in [0.25, 0.3) is 0 Å². The molecule has 1 saturated carbocycles. The van der Waals surface area contributed by atoms with Crippen molar-refractivity contribution in [3.8, 4) is 11.3 Å². The molecule has 0 spiro atoms. The topological polar surface area (TPSA) is 58.4 Å². The Balaban J connectivity index is 1.53. The molecule has 26 heavy (non-hydrogen) atoms. The number of likely N-dealkylation sites (tertiary alicyclic amines) is 1. The lowest BCUT2D eigenvalue weighted by Crippen LogP contribution is -2.44. The zero-order valence-corrected chi connectivity index (χ0v) is 15.4. The molecule has 1 atom stereocenters. The first-order valence-electron chi connectivity index (χ1n) is 9.67. The van der Waals surface area contributed by atoms with Crippen LogP contribution in [0, 0.1) is 5.41 Å². The first kappa shape index (κ1) is 17.3. The monoisotopic (exact) mass is 353 g/mol. The first-order valence-corrected chi connectivity index (χ1v) is 9.67. The number of nitrogens with zero attached hydrogens (tertiary/aromatic N) is 2. The molecule has 2 heterocycles. The first-order chi connectivity index (χ1) is 12.7. The second-order valence-corrected chi connectivity index (χ2v) is 7.74. The Bertz CT molecular complexity index is 752. The molecule has 1 aromatic heterocycles. The number of nitrogens with one attached hydrogen (secondary N) is 1. The summed E-state index contributed by atoms with van der Waals surface area (Å²) in [4.78, 5) is 15.3. The Kier molecular flexibility index (Phi) is 4.81. The van der Waals surface area contributed by atoms with Gasteiger partial charge in [-0.1, -0.05) is 48.3 Å². The molecule has 1 aliphatic carbocycles. The maximum Gasteiger partial charge on any atom is 0.227 e. The number of benzene rings is 1. The molecule has 1 saturated heterocycles. The van der Waals surface area contributed by atoms with Crippen molar-refractivity contribution in [1.82, 2.24) is 15.4 Å². The van der Waals surface area contributed by atoms with E-state index in [0.29, 0.717) is 12.5 Å². The van der Waals surface area contributed by atoms with Crippen LogP contribution in [0.25, 0.3) is 11.3 Å². The molecule has 2 aromatic rings. The molecule has 1 N–H and O–H groups in total. The fraction of sp³-hybridized carbons (Fsp3) is 0.524. The average molecular weight is 353 g/mol. The Morgan fingerprint density at radius 2 is 2.08 bits per heavy atom. The lowest BCUT2D eigenvalue weighted by atomic mass is 9.81. The molecule has 0 radical (unpaired) electrons. The smallest absolute Gasteiger partial charge is 0.227 e. The number of aromatic nitrogens is 1. The van der Waals surface area contributed by atoms with Crippen molar-refractivity contribution in [2.75, 3.05) is 20.1 Å². The largest absolute Gasteiger partial charge is 0.361 e. The lowest BCUT2D eigenvalue weighted by molar-refractivity contribution is -0.130. The molecule has 1 aliphatic heterocycles. The van der Waals surface area contributed by atoms with E-state index in [-0.39, 0.29) is 5.91 Å². The number of rotatable bonds is 5. The molecule has 0 bridgehead atoms. The van der Waals surface area contributed by atoms with Crippen LogP contribution in [0.3, 0.4) is 0 Å². The minimum Gasteiger partial charge on any atom is -0.361 e. The third-order valence-corrected chi connectivity index (χ3v) is 6.07. The zero-order chi connectivity index (χ0) is 18.0. The van der Waals surface area contributed by atoms with Gasteiger partial charge in [0.15, 0.2) is 0 Å². The van der Waals surface area contributed by atoms with Gasteiger partial charge in [-0.05, 0) is 25.8 Å². The predicted molar refractivity (Wildman–Crippen MR) is 101 cm³/mol. The van der Waals surface area contributed by atoms with Gasteiger partial charge >= 0.3 is 0 Å². The minimum atomic E-state index is -0.412. The summed E-state index contributed by atoms with van der Waals surface area (Å²) in [7, 11) is 1.73. The van der Waals surface area contributed by atoms with E-state index in [1.54, 1.807) is 7.05 Å². The molecule has 138 valence electrons. The molecular formula is C21H27N3O2. The van der Waals surface area contributed by atoms with E-state index in [1.165, 1.54) is 25.7 Å². The normalized spacial score (nSPS) is 24.2. The van der Waals surface area contributed by atoms with Gasteiger partial charge in [0.05, 0.1) is 5.41 Å². The molecule has 0 unspecified atom stereocenters. The number of hydrogen-bond donors (Lipinski definition) is 1. The Labute approximate surface area is 154 Å². The highest BCUT2D eigenvalue weighted by Gasteiger charge is 2.46. The Morgan fingerprint density at radius 1 is 1.31 bits per heavy atom. The molecule has 5 heteroatoms. The summed E-state index contributed by atoms with van der Waals surface area (Å²) in [6, 6.07) is 12.6. The van der Waals surface area contributed by atoms with Crippen LogP contribution < -0.4 is 5.32 Å². The van der Waals surface area contributed by atoms with E-state index < -0.39 is 5.41 Å². The van der Waals surface area contributed by atoms with Gasteiger partial charge in [0, 0.05) is 37.7 Å². The van der Waals surface area contributed by atoms with Crippen molar-refractivity contribution in [3.63, 3.8) is 0 Å². The number of amides is 1. The molecule has 2 aliphatic rings. The van der Waals surface area contributed by atoms with E-state index in [1.807, 2.05) is 36.4 Å². The summed E-state index contributed by atoms with van der Waals surface area (Å²) in [6.07, 6.45) is 6.65. The summed E-state index contributed by atoms with van der Waals surface area (Å²) in [6.45, 7) is 1.82. The number of carbonyl (C=O) groups is 1. The second kappa shape index (κ2) is 7.23. The van der Waals surface area contributed by atoms with Gasteiger partial charge in [-0.25, -0.2) is 0 Å². The summed E-state index contributed by atoms with van der Waals surface area (Å²) in [5.41, 5.74) is 1.46. The highest BCUT2D eigenvalue weighted by molar-refractivity contribution is 5.83. The van der Waals surface area contributed by atoms with Gasteiger partial charge < -0.3 is 9.84 Å². The van der Waals surface area contributed by atoms with Crippen LogP contribution >= 0.6 is 0 Å². The maximum absolute atomic E-state index is 12.8. The second-order valence-electron chi connectivity index (χ2n) is 7.74. The van der Waals surface area contributed by atoms with Crippen molar-refractivity contribution in [2.45, 2.75) is 44.6 Å². The standard InChI is InChI=1S/C21H27N3O2/c1-22-20(25)21(11-12-24(15-21)17-9-5-6-10-17)14-18-13-19(23-26-18)16-7-3-2-4-8-16/h2-4,7-8,13,17H,5-6,9-12,14-15H2,1H3,(H,22,25)/t21-/m0/s1. The summed E-state index contributed by atoms with van der Waals surface area (Å²) in [5, 5.41) is 7.11. The van der Waals surface area contributed by atoms with Crippen molar-refractivity contribution in [1.29, 1.82) is 0 Å². The molecule has 2 fully saturated rings. The van der Waals surface area contributed by atoms with Gasteiger partial charge in [-0.2, -0.15) is 0 Å². The van der Waals surface area contributed by atoms with Crippen molar-refractivity contribution in [3.05, 3.63) is 42.2 Å². The van der Waals surface area contributed by atoms with Crippen LogP contribution in [-0.2, 0) is 11.2 Å². The van der Waals surface area contributed by atoms with Gasteiger partial charge in [-0.3, -0.25) is 9.69 Å². The van der Waals surface area contributed by atoms with Crippen LogP contribution in [-0.4, -0.2) is 42.1 Å². The quantitative estimate of drug-likeness (QED) is 0.896. The predicted octanol–water partition coefficient (Wildman–Crippen LogP) is 3.26.